The van der Waals surface area contributed by atoms with E-state index in [2.05, 4.69) is 18.3 Å². The number of anilines is 1. The summed E-state index contributed by atoms with van der Waals surface area (Å²) in [6.45, 7) is 2.09. The highest BCUT2D eigenvalue weighted by Gasteiger charge is 2.11. The molecule has 0 atom stereocenters. The van der Waals surface area contributed by atoms with Crippen LogP contribution in [-0.2, 0) is 11.2 Å². The van der Waals surface area contributed by atoms with Crippen molar-refractivity contribution in [1.29, 1.82) is 0 Å². The van der Waals surface area contributed by atoms with E-state index in [0.29, 0.717) is 11.4 Å². The molecule has 0 saturated heterocycles. The average Bonchev–Trinajstić information content (AvgIpc) is 2.71. The number of pyridine rings is 1. The van der Waals surface area contributed by atoms with Crippen LogP contribution in [-0.4, -0.2) is 30.9 Å². The van der Waals surface area contributed by atoms with Crippen LogP contribution >= 0.6 is 11.8 Å². The van der Waals surface area contributed by atoms with E-state index in [1.807, 2.05) is 42.5 Å². The van der Waals surface area contributed by atoms with E-state index < -0.39 is 0 Å². The van der Waals surface area contributed by atoms with Crippen molar-refractivity contribution < 1.29 is 14.3 Å². The minimum Gasteiger partial charge on any atom is -0.497 e. The number of ether oxygens (including phenoxy) is 2. The number of aryl methyl sites for hydroxylation is 1. The number of benzene rings is 2. The normalized spacial score (nSPS) is 10.6. The lowest BCUT2D eigenvalue weighted by Crippen LogP contribution is -2.15. The van der Waals surface area contributed by atoms with Gasteiger partial charge in [0.05, 0.1) is 31.2 Å². The monoisotopic (exact) mass is 382 g/mol. The maximum Gasteiger partial charge on any atom is 0.234 e. The summed E-state index contributed by atoms with van der Waals surface area (Å²) in [7, 11) is 3.24. The first-order valence-corrected chi connectivity index (χ1v) is 9.66. The SMILES string of the molecule is CCc1cc2cc(OC)ccc2nc1SCC(=O)Nc1ccccc1OC. The van der Waals surface area contributed by atoms with Crippen LogP contribution < -0.4 is 14.8 Å². The van der Waals surface area contributed by atoms with Gasteiger partial charge >= 0.3 is 0 Å². The van der Waals surface area contributed by atoms with Crippen LogP contribution in [0.25, 0.3) is 10.9 Å². The molecule has 0 fully saturated rings. The molecular weight excluding hydrogens is 360 g/mol. The van der Waals surface area contributed by atoms with Crippen molar-refractivity contribution in [3.63, 3.8) is 0 Å². The molecule has 0 bridgehead atoms. The van der Waals surface area contributed by atoms with E-state index in [1.165, 1.54) is 11.8 Å². The van der Waals surface area contributed by atoms with Crippen molar-refractivity contribution in [3.05, 3.63) is 54.1 Å². The second-order valence-corrected chi connectivity index (χ2v) is 6.87. The third kappa shape index (κ3) is 4.52. The lowest BCUT2D eigenvalue weighted by molar-refractivity contribution is -0.113. The lowest BCUT2D eigenvalue weighted by atomic mass is 10.1. The molecule has 3 rings (SSSR count). The Kier molecular flexibility index (Phi) is 6.19. The zero-order chi connectivity index (χ0) is 19.2. The molecule has 1 aromatic heterocycles. The molecule has 0 radical (unpaired) electrons. The molecule has 1 heterocycles. The van der Waals surface area contributed by atoms with Crippen LogP contribution in [0, 0.1) is 0 Å². The number of nitrogens with one attached hydrogen (secondary N) is 1. The van der Waals surface area contributed by atoms with Crippen molar-refractivity contribution in [2.75, 3.05) is 25.3 Å². The van der Waals surface area contributed by atoms with Gasteiger partial charge in [0.25, 0.3) is 0 Å². The molecule has 5 nitrogen and oxygen atoms in total. The second kappa shape index (κ2) is 8.77. The van der Waals surface area contributed by atoms with Crippen LogP contribution in [0.5, 0.6) is 11.5 Å². The zero-order valence-electron chi connectivity index (χ0n) is 15.6. The highest BCUT2D eigenvalue weighted by atomic mass is 32.2. The number of aromatic nitrogens is 1. The highest BCUT2D eigenvalue weighted by molar-refractivity contribution is 8.00. The Morgan fingerprint density at radius 3 is 2.67 bits per heavy atom. The molecule has 0 aliphatic rings. The van der Waals surface area contributed by atoms with Gasteiger partial charge < -0.3 is 14.8 Å². The van der Waals surface area contributed by atoms with Gasteiger partial charge in [-0.25, -0.2) is 4.98 Å². The van der Waals surface area contributed by atoms with Crippen molar-refractivity contribution in [2.24, 2.45) is 0 Å². The number of thioether (sulfide) groups is 1. The molecule has 0 aliphatic heterocycles. The van der Waals surface area contributed by atoms with Crippen LogP contribution in [0.15, 0.2) is 53.6 Å². The minimum absolute atomic E-state index is 0.0943. The molecule has 2 aromatic carbocycles. The van der Waals surface area contributed by atoms with Gasteiger partial charge in [-0.2, -0.15) is 0 Å². The summed E-state index contributed by atoms with van der Waals surface area (Å²) < 4.78 is 10.6. The lowest BCUT2D eigenvalue weighted by Gasteiger charge is -2.11. The van der Waals surface area contributed by atoms with E-state index in [9.17, 15) is 4.79 Å². The predicted octanol–water partition coefficient (Wildman–Crippen LogP) is 4.55. The summed E-state index contributed by atoms with van der Waals surface area (Å²) in [6, 6.07) is 15.3. The number of carbonyl (C=O) groups excluding carboxylic acids is 1. The molecular formula is C21H22N2O3S. The maximum absolute atomic E-state index is 12.4. The van der Waals surface area contributed by atoms with Gasteiger partial charge in [0.15, 0.2) is 0 Å². The zero-order valence-corrected chi connectivity index (χ0v) is 16.4. The predicted molar refractivity (Wildman–Crippen MR) is 110 cm³/mol. The quantitative estimate of drug-likeness (QED) is 0.608. The maximum atomic E-state index is 12.4. The molecule has 0 aliphatic carbocycles. The van der Waals surface area contributed by atoms with Crippen LogP contribution in [0.1, 0.15) is 12.5 Å². The number of rotatable bonds is 7. The van der Waals surface area contributed by atoms with E-state index in [1.54, 1.807) is 14.2 Å². The highest BCUT2D eigenvalue weighted by Crippen LogP contribution is 2.28. The summed E-state index contributed by atoms with van der Waals surface area (Å²) in [5.74, 6) is 1.63. The number of carbonyl (C=O) groups is 1. The van der Waals surface area contributed by atoms with Gasteiger partial charge in [-0.05, 0) is 48.4 Å². The molecule has 1 N–H and O–H groups in total. The number of fused-ring (bicyclic) bond motifs is 1. The Hall–Kier alpha value is -2.73. The number of hydrogen-bond donors (Lipinski definition) is 1. The smallest absolute Gasteiger partial charge is 0.234 e. The first kappa shape index (κ1) is 19.0. The van der Waals surface area contributed by atoms with Gasteiger partial charge in [-0.1, -0.05) is 30.8 Å². The van der Waals surface area contributed by atoms with Gasteiger partial charge in [0.1, 0.15) is 16.5 Å². The van der Waals surface area contributed by atoms with Gasteiger partial charge in [-0.15, -0.1) is 0 Å². The Morgan fingerprint density at radius 2 is 1.93 bits per heavy atom. The Bertz CT molecular complexity index is 959. The first-order valence-electron chi connectivity index (χ1n) is 8.68. The third-order valence-electron chi connectivity index (χ3n) is 4.16. The Balaban J connectivity index is 1.74. The first-order chi connectivity index (χ1) is 13.1. The van der Waals surface area contributed by atoms with E-state index in [-0.39, 0.29) is 11.7 Å². The summed E-state index contributed by atoms with van der Waals surface area (Å²) >= 11 is 1.44. The topological polar surface area (TPSA) is 60.5 Å². The molecule has 1 amide bonds. The number of hydrogen-bond acceptors (Lipinski definition) is 5. The van der Waals surface area contributed by atoms with Crippen LogP contribution in [0.3, 0.4) is 0 Å². The molecule has 27 heavy (non-hydrogen) atoms. The summed E-state index contributed by atoms with van der Waals surface area (Å²) in [5, 5.41) is 4.81. The average molecular weight is 382 g/mol. The van der Waals surface area contributed by atoms with Gasteiger partial charge in [0, 0.05) is 5.39 Å². The van der Waals surface area contributed by atoms with Crippen molar-refractivity contribution >= 4 is 34.3 Å². The molecule has 0 saturated carbocycles. The van der Waals surface area contributed by atoms with Crippen molar-refractivity contribution in [2.45, 2.75) is 18.4 Å². The summed E-state index contributed by atoms with van der Waals surface area (Å²) in [4.78, 5) is 17.1. The number of methoxy groups -OCH3 is 2. The summed E-state index contributed by atoms with van der Waals surface area (Å²) in [5.41, 5.74) is 2.67. The van der Waals surface area contributed by atoms with Crippen molar-refractivity contribution in [3.8, 4) is 11.5 Å². The number of nitrogens with zero attached hydrogens (tertiary/aromatic N) is 1. The van der Waals surface area contributed by atoms with E-state index >= 15 is 0 Å². The standard InChI is InChI=1S/C21H22N2O3S/c1-4-14-11-15-12-16(25-2)9-10-17(15)23-21(14)27-13-20(24)22-18-7-5-6-8-19(18)26-3/h5-12H,4,13H2,1-3H3,(H,22,24). The molecule has 140 valence electrons. The largest absolute Gasteiger partial charge is 0.497 e. The molecule has 0 spiro atoms. The Labute approximate surface area is 163 Å². The number of amides is 1. The van der Waals surface area contributed by atoms with E-state index in [0.717, 1.165) is 33.7 Å². The fourth-order valence-corrected chi connectivity index (χ4v) is 3.65. The van der Waals surface area contributed by atoms with Crippen LogP contribution in [0.4, 0.5) is 5.69 Å². The summed E-state index contributed by atoms with van der Waals surface area (Å²) in [6.07, 6.45) is 0.844. The van der Waals surface area contributed by atoms with Crippen molar-refractivity contribution in [1.82, 2.24) is 4.98 Å². The molecule has 3 aromatic rings. The molecule has 6 heteroatoms. The fraction of sp³-hybridized carbons (Fsp3) is 0.238. The third-order valence-corrected chi connectivity index (χ3v) is 5.20. The second-order valence-electron chi connectivity index (χ2n) is 5.90. The minimum atomic E-state index is -0.0943. The number of para-hydroxylation sites is 2. The Morgan fingerprint density at radius 1 is 1.11 bits per heavy atom. The van der Waals surface area contributed by atoms with Crippen LogP contribution in [0.2, 0.25) is 0 Å². The molecule has 0 unspecified atom stereocenters. The van der Waals surface area contributed by atoms with E-state index in [4.69, 9.17) is 14.5 Å². The fourth-order valence-electron chi connectivity index (χ4n) is 2.75. The van der Waals surface area contributed by atoms with Gasteiger partial charge in [0.2, 0.25) is 5.91 Å². The van der Waals surface area contributed by atoms with Gasteiger partial charge in [-0.3, -0.25) is 4.79 Å².